The average molecular weight is 370 g/mol. The van der Waals surface area contributed by atoms with Gasteiger partial charge in [-0.3, -0.25) is 0 Å². The predicted molar refractivity (Wildman–Crippen MR) is 95.7 cm³/mol. The van der Waals surface area contributed by atoms with Crippen molar-refractivity contribution in [2.75, 3.05) is 18.0 Å². The Morgan fingerprint density at radius 2 is 1.60 bits per heavy atom. The molecule has 0 aliphatic rings. The number of hydrogen-bond donors (Lipinski definition) is 1. The summed E-state index contributed by atoms with van der Waals surface area (Å²) in [6.45, 7) is 0.370. The van der Waals surface area contributed by atoms with Crippen LogP contribution in [-0.4, -0.2) is 33.2 Å². The van der Waals surface area contributed by atoms with E-state index in [1.807, 2.05) is 24.3 Å². The minimum absolute atomic E-state index is 0.00686. The molecule has 7 nitrogen and oxygen atoms in total. The fourth-order valence-corrected chi connectivity index (χ4v) is 2.79. The van der Waals surface area contributed by atoms with Crippen LogP contribution in [0, 0.1) is 11.3 Å². The van der Waals surface area contributed by atoms with Crippen molar-refractivity contribution >= 4 is 32.6 Å². The molecule has 0 aliphatic heterocycles. The molecule has 0 unspecified atom stereocenters. The number of anilines is 1. The Morgan fingerprint density at radius 3 is 2.12 bits per heavy atom. The van der Waals surface area contributed by atoms with Gasteiger partial charge in [0.2, 0.25) is 0 Å². The molecule has 1 N–H and O–H groups in total. The second-order valence-electron chi connectivity index (χ2n) is 5.01. The summed E-state index contributed by atoms with van der Waals surface area (Å²) in [5, 5.41) is 19.1. The summed E-state index contributed by atoms with van der Waals surface area (Å²) in [4.78, 5) is 3.09. The Labute approximate surface area is 145 Å². The fourth-order valence-electron chi connectivity index (χ4n) is 2.33. The minimum atomic E-state index is -0.239. The Kier molecular flexibility index (Phi) is 5.55. The van der Waals surface area contributed by atoms with E-state index in [9.17, 15) is 14.2 Å². The van der Waals surface area contributed by atoms with Gasteiger partial charge in [0.1, 0.15) is 0 Å². The number of phenols is 1. The van der Waals surface area contributed by atoms with E-state index in [1.165, 1.54) is 10.9 Å². The quantitative estimate of drug-likeness (QED) is 0.708. The molecule has 9 heteroatoms. The molecule has 0 saturated heterocycles. The first kappa shape index (κ1) is 17.3. The van der Waals surface area contributed by atoms with Crippen LogP contribution in [0.1, 0.15) is 0 Å². The summed E-state index contributed by atoms with van der Waals surface area (Å²) in [6.07, 6.45) is 0. The van der Waals surface area contributed by atoms with Gasteiger partial charge >= 0.3 is 145 Å². The van der Waals surface area contributed by atoms with E-state index >= 15 is 0 Å². The molecular weight excluding hydrogens is 358 g/mol. The van der Waals surface area contributed by atoms with E-state index in [-0.39, 0.29) is 34.7 Å². The van der Waals surface area contributed by atoms with Crippen molar-refractivity contribution in [2.45, 2.75) is 0 Å². The van der Waals surface area contributed by atoms with Crippen molar-refractivity contribution in [3.63, 3.8) is 0 Å². The first-order chi connectivity index (χ1) is 12.2. The van der Waals surface area contributed by atoms with Gasteiger partial charge in [0.15, 0.2) is 0 Å². The first-order valence-corrected chi connectivity index (χ1v) is 8.86. The molecule has 0 atom stereocenters. The van der Waals surface area contributed by atoms with E-state index < -0.39 is 0 Å². The van der Waals surface area contributed by atoms with Gasteiger partial charge in [-0.1, -0.05) is 0 Å². The number of aromatic nitrogens is 3. The number of hydrogen-bond acceptors (Lipinski definition) is 6. The fraction of sp³-hybridized carbons (Fsp3) is 0.125. The van der Waals surface area contributed by atoms with E-state index in [2.05, 4.69) is 21.5 Å². The van der Waals surface area contributed by atoms with Crippen LogP contribution in [0.25, 0.3) is 16.7 Å². The predicted octanol–water partition coefficient (Wildman–Crippen LogP) is 3.43. The molecule has 25 heavy (non-hydrogen) atoms. The Bertz CT molecular complexity index is 1070. The third-order valence-corrected chi connectivity index (χ3v) is 4.01. The summed E-state index contributed by atoms with van der Waals surface area (Å²) in [5.41, 5.74) is 7.79. The van der Waals surface area contributed by atoms with Crippen molar-refractivity contribution in [3.05, 3.63) is 42.5 Å². The van der Waals surface area contributed by atoms with Crippen LogP contribution in [0.5, 0.6) is 5.75 Å². The normalized spacial score (nSPS) is 10.1. The molecule has 1 heterocycles. The molecule has 2 aromatic carbocycles. The summed E-state index contributed by atoms with van der Waals surface area (Å²) in [7, 11) is -0.478. The van der Waals surface area contributed by atoms with Gasteiger partial charge in [-0.15, -0.1) is 0 Å². The van der Waals surface area contributed by atoms with Crippen molar-refractivity contribution in [2.24, 2.45) is 0 Å². The van der Waals surface area contributed by atoms with Gasteiger partial charge in [-0.25, -0.2) is 0 Å². The zero-order valence-electron chi connectivity index (χ0n) is 12.9. The van der Waals surface area contributed by atoms with Gasteiger partial charge in [0.25, 0.3) is 0 Å². The second-order valence-corrected chi connectivity index (χ2v) is 6.00. The molecule has 0 radical (unpaired) electrons. The zero-order valence-corrected chi connectivity index (χ0v) is 14.7. The molecule has 124 valence electrons. The Hall–Kier alpha value is -2.54. The zero-order chi connectivity index (χ0) is 17.6. The summed E-state index contributed by atoms with van der Waals surface area (Å²) in [5.74, 6) is -0.00686. The summed E-state index contributed by atoms with van der Waals surface area (Å²) in [6, 6.07) is 12.4. The van der Waals surface area contributed by atoms with Gasteiger partial charge in [0.05, 0.1) is 0 Å². The van der Waals surface area contributed by atoms with Crippen LogP contribution in [-0.2, 0) is 9.13 Å². The van der Waals surface area contributed by atoms with Gasteiger partial charge in [0, 0.05) is 0 Å². The van der Waals surface area contributed by atoms with Crippen molar-refractivity contribution in [1.29, 1.82) is 0 Å². The number of aromatic hydroxyl groups is 1. The van der Waals surface area contributed by atoms with Crippen LogP contribution >= 0.6 is 15.8 Å². The molecule has 0 bridgehead atoms. The van der Waals surface area contributed by atoms with Gasteiger partial charge in [-0.05, 0) is 0 Å². The van der Waals surface area contributed by atoms with Gasteiger partial charge in [-0.2, -0.15) is 0 Å². The third-order valence-electron chi connectivity index (χ3n) is 3.47. The molecule has 3 aromatic rings. The number of phenolic OH excluding ortho intramolecular Hbond substituents is 1. The van der Waals surface area contributed by atoms with Gasteiger partial charge < -0.3 is 0 Å². The van der Waals surface area contributed by atoms with Crippen molar-refractivity contribution < 1.29 is 14.2 Å². The van der Waals surface area contributed by atoms with E-state index in [1.54, 1.807) is 17.0 Å². The second kappa shape index (κ2) is 8.02. The average Bonchev–Trinajstić information content (AvgIpc) is 3.06. The summed E-state index contributed by atoms with van der Waals surface area (Å²) >= 11 is 0. The monoisotopic (exact) mass is 370 g/mol. The van der Waals surface area contributed by atoms with E-state index in [0.717, 1.165) is 11.0 Å². The molecule has 3 rings (SSSR count). The molecule has 0 aliphatic carbocycles. The number of rotatable bonds is 4. The van der Waals surface area contributed by atoms with Crippen LogP contribution in [0.4, 0.5) is 5.69 Å². The molecule has 1 aromatic heterocycles. The molecule has 0 saturated carbocycles. The van der Waals surface area contributed by atoms with E-state index in [4.69, 9.17) is 0 Å². The molecular formula is C16H12N4O3P2. The van der Waals surface area contributed by atoms with Crippen LogP contribution in [0.2, 0.25) is 0 Å². The summed E-state index contributed by atoms with van der Waals surface area (Å²) < 4.78 is 21.2. The number of fused-ring (bicyclic) bond motifs is 1. The van der Waals surface area contributed by atoms with E-state index in [0.29, 0.717) is 11.4 Å². The first-order valence-electron chi connectivity index (χ1n) is 7.24. The van der Waals surface area contributed by atoms with Crippen molar-refractivity contribution in [1.82, 2.24) is 15.0 Å². The number of nitrogens with zero attached hydrogens (tertiary/aromatic N) is 4. The molecule has 0 spiro atoms. The Morgan fingerprint density at radius 1 is 1.00 bits per heavy atom. The number of benzene rings is 2. The maximum atomic E-state index is 10.6. The maximum absolute atomic E-state index is 10.6. The van der Waals surface area contributed by atoms with Crippen LogP contribution in [0.15, 0.2) is 42.5 Å². The SMILES string of the molecule is O=P#CCN(CC#P=O)c1ccc(-n2nc3ccccc3n2)cc1O. The van der Waals surface area contributed by atoms with Crippen molar-refractivity contribution in [3.8, 4) is 22.7 Å². The standard InChI is InChI=1S/C16H12N4O3P2/c21-16-11-12(20-17-13-3-1-2-4-14(13)18-20)5-6-15(16)19(7-9-24-22)8-10-25-23/h1-6,11,21H,7-8H2. The van der Waals surface area contributed by atoms with Crippen LogP contribution < -0.4 is 4.90 Å². The Balaban J connectivity index is 1.97. The third kappa shape index (κ3) is 3.93. The molecule has 0 amide bonds. The van der Waals surface area contributed by atoms with Crippen LogP contribution in [0.3, 0.4) is 0 Å². The topological polar surface area (TPSA) is 88.3 Å². The molecule has 0 fully saturated rings.